The van der Waals surface area contributed by atoms with Crippen molar-refractivity contribution in [3.63, 3.8) is 0 Å². The third-order valence-corrected chi connectivity index (χ3v) is 3.03. The van der Waals surface area contributed by atoms with Crippen LogP contribution in [0.25, 0.3) is 0 Å². The highest BCUT2D eigenvalue weighted by molar-refractivity contribution is 5.98. The number of nitrogens with zero attached hydrogens (tertiary/aromatic N) is 4. The van der Waals surface area contributed by atoms with E-state index in [1.807, 2.05) is 20.8 Å². The van der Waals surface area contributed by atoms with Crippen LogP contribution in [0.4, 0.5) is 0 Å². The second-order valence-electron chi connectivity index (χ2n) is 4.48. The smallest absolute Gasteiger partial charge is 0.0514 e. The predicted molar refractivity (Wildman–Crippen MR) is 84.5 cm³/mol. The van der Waals surface area contributed by atoms with E-state index in [-0.39, 0.29) is 12.0 Å². The van der Waals surface area contributed by atoms with E-state index in [2.05, 4.69) is 25.7 Å². The molecule has 0 radical (unpaired) electrons. The first-order valence-corrected chi connectivity index (χ1v) is 6.18. The molecule has 20 heavy (non-hydrogen) atoms. The van der Waals surface area contributed by atoms with Crippen molar-refractivity contribution in [2.24, 2.45) is 49.7 Å². The van der Waals surface area contributed by atoms with Crippen molar-refractivity contribution < 1.29 is 0 Å². The van der Waals surface area contributed by atoms with Crippen LogP contribution >= 0.6 is 0 Å². The van der Waals surface area contributed by atoms with E-state index in [9.17, 15) is 0 Å². The van der Waals surface area contributed by atoms with Gasteiger partial charge in [0.2, 0.25) is 0 Å². The molecule has 0 aromatic carbocycles. The highest BCUT2D eigenvalue weighted by Gasteiger charge is 2.20. The first kappa shape index (κ1) is 17.8. The Bertz CT molecular complexity index is 397. The second-order valence-corrected chi connectivity index (χ2v) is 4.48. The fraction of sp³-hybridized carbons (Fsp3) is 0.636. The van der Waals surface area contributed by atoms with Gasteiger partial charge < -0.3 is 28.7 Å². The normalized spacial score (nSPS) is 17.4. The van der Waals surface area contributed by atoms with Crippen LogP contribution in [0.2, 0.25) is 0 Å². The molecule has 9 N–H and O–H groups in total. The summed E-state index contributed by atoms with van der Waals surface area (Å²) < 4.78 is 0. The molecule has 0 rings (SSSR count). The van der Waals surface area contributed by atoms with Crippen LogP contribution < -0.4 is 28.7 Å². The van der Waals surface area contributed by atoms with Crippen molar-refractivity contribution >= 4 is 23.3 Å². The molecule has 0 saturated carbocycles. The van der Waals surface area contributed by atoms with E-state index in [1.54, 1.807) is 6.21 Å². The minimum absolute atomic E-state index is 0.0867. The predicted octanol–water partition coefficient (Wildman–Crippen LogP) is -1.10. The maximum atomic E-state index is 5.35. The first-order valence-electron chi connectivity index (χ1n) is 6.18. The number of rotatable bonds is 8. The summed E-state index contributed by atoms with van der Waals surface area (Å²) in [6.07, 6.45) is 2.21. The molecule has 0 aliphatic rings. The Morgan fingerprint density at radius 1 is 1.00 bits per heavy atom. The molecular weight excluding hydrogens is 258 g/mol. The highest BCUT2D eigenvalue weighted by Crippen LogP contribution is 2.09. The number of hydrogen-bond donors (Lipinski definition) is 5. The standard InChI is InChI=1S/C11H25N9/c1-7(18-13)5-16-11(9(3)20-15)4-10(6-17-12)8(2)19-14/h6,10-11,16H,4-5,12-15H2,1-3H3/b17-6+,18-7-,19-8-,20-9+. The molecule has 0 bridgehead atoms. The van der Waals surface area contributed by atoms with Gasteiger partial charge in [-0.15, -0.1) is 0 Å². The fourth-order valence-corrected chi connectivity index (χ4v) is 1.60. The zero-order chi connectivity index (χ0) is 15.5. The van der Waals surface area contributed by atoms with Gasteiger partial charge in [0.05, 0.1) is 5.71 Å². The summed E-state index contributed by atoms with van der Waals surface area (Å²) in [6, 6.07) is -0.0867. The van der Waals surface area contributed by atoms with Crippen LogP contribution in [-0.2, 0) is 0 Å². The van der Waals surface area contributed by atoms with Crippen LogP contribution in [0.3, 0.4) is 0 Å². The van der Waals surface area contributed by atoms with E-state index in [0.29, 0.717) is 13.0 Å². The van der Waals surface area contributed by atoms with Gasteiger partial charge in [0, 0.05) is 36.1 Å². The highest BCUT2D eigenvalue weighted by atomic mass is 15.2. The summed E-state index contributed by atoms with van der Waals surface area (Å²) in [4.78, 5) is 0. The molecule has 0 amide bonds. The van der Waals surface area contributed by atoms with E-state index < -0.39 is 0 Å². The van der Waals surface area contributed by atoms with E-state index in [0.717, 1.165) is 17.1 Å². The van der Waals surface area contributed by atoms with Gasteiger partial charge in [-0.05, 0) is 27.2 Å². The molecule has 0 aromatic heterocycles. The molecule has 0 aliphatic heterocycles. The van der Waals surface area contributed by atoms with Gasteiger partial charge in [-0.1, -0.05) is 0 Å². The molecule has 0 saturated heterocycles. The molecule has 114 valence electrons. The lowest BCUT2D eigenvalue weighted by atomic mass is 9.94. The largest absolute Gasteiger partial charge is 0.324 e. The number of hydrogen-bond acceptors (Lipinski definition) is 9. The summed E-state index contributed by atoms with van der Waals surface area (Å²) in [6.45, 7) is 5.99. The third kappa shape index (κ3) is 6.14. The first-order chi connectivity index (χ1) is 9.49. The molecule has 0 spiro atoms. The Kier molecular flexibility index (Phi) is 8.68. The van der Waals surface area contributed by atoms with Crippen molar-refractivity contribution in [3.05, 3.63) is 0 Å². The zero-order valence-electron chi connectivity index (χ0n) is 12.2. The van der Waals surface area contributed by atoms with Crippen LogP contribution in [0.1, 0.15) is 27.2 Å². The second kappa shape index (κ2) is 9.73. The maximum Gasteiger partial charge on any atom is 0.0514 e. The lowest BCUT2D eigenvalue weighted by Gasteiger charge is -2.21. The van der Waals surface area contributed by atoms with Crippen molar-refractivity contribution in [2.45, 2.75) is 33.2 Å². The molecule has 9 nitrogen and oxygen atoms in total. The van der Waals surface area contributed by atoms with Gasteiger partial charge in [0.25, 0.3) is 0 Å². The van der Waals surface area contributed by atoms with Crippen molar-refractivity contribution in [1.82, 2.24) is 5.32 Å². The Balaban J connectivity index is 4.95. The zero-order valence-corrected chi connectivity index (χ0v) is 12.2. The third-order valence-electron chi connectivity index (χ3n) is 3.03. The number of hydrazone groups is 4. The molecule has 0 aliphatic carbocycles. The Labute approximate surface area is 119 Å². The summed E-state index contributed by atoms with van der Waals surface area (Å²) >= 11 is 0. The molecular formula is C11H25N9. The summed E-state index contributed by atoms with van der Waals surface area (Å²) in [7, 11) is 0. The Morgan fingerprint density at radius 2 is 1.60 bits per heavy atom. The lowest BCUT2D eigenvalue weighted by Crippen LogP contribution is -2.41. The van der Waals surface area contributed by atoms with Gasteiger partial charge in [0.15, 0.2) is 0 Å². The molecule has 2 atom stereocenters. The van der Waals surface area contributed by atoms with Gasteiger partial charge in [-0.2, -0.15) is 20.4 Å². The van der Waals surface area contributed by atoms with Crippen LogP contribution in [-0.4, -0.2) is 35.9 Å². The Hall–Kier alpha value is -2.16. The summed E-state index contributed by atoms with van der Waals surface area (Å²) in [5.41, 5.74) is 2.24. The van der Waals surface area contributed by atoms with Crippen molar-refractivity contribution in [2.75, 3.05) is 6.54 Å². The average Bonchev–Trinajstić information content (AvgIpc) is 2.48. The van der Waals surface area contributed by atoms with Gasteiger partial charge >= 0.3 is 0 Å². The topological polar surface area (TPSA) is 166 Å². The molecule has 9 heteroatoms. The quantitative estimate of drug-likeness (QED) is 0.216. The van der Waals surface area contributed by atoms with Gasteiger partial charge in [-0.3, -0.25) is 0 Å². The van der Waals surface area contributed by atoms with Crippen molar-refractivity contribution in [3.8, 4) is 0 Å². The SMILES string of the molecule is C/C(CNC(CC(/C=N/N)/C(C)=N\N)/C(C)=N/N)=N/N. The van der Waals surface area contributed by atoms with E-state index >= 15 is 0 Å². The van der Waals surface area contributed by atoms with Crippen LogP contribution in [0.15, 0.2) is 20.4 Å². The van der Waals surface area contributed by atoms with Crippen LogP contribution in [0, 0.1) is 5.92 Å². The molecule has 0 heterocycles. The summed E-state index contributed by atoms with van der Waals surface area (Å²) in [5.74, 6) is 21.0. The Morgan fingerprint density at radius 3 is 2.05 bits per heavy atom. The van der Waals surface area contributed by atoms with E-state index in [1.165, 1.54) is 0 Å². The average molecular weight is 283 g/mol. The summed E-state index contributed by atoms with van der Waals surface area (Å²) in [5, 5.41) is 17.8. The van der Waals surface area contributed by atoms with Crippen molar-refractivity contribution in [1.29, 1.82) is 0 Å². The molecule has 0 fully saturated rings. The van der Waals surface area contributed by atoms with Gasteiger partial charge in [0.1, 0.15) is 0 Å². The number of nitrogens with two attached hydrogens (primary N) is 4. The molecule has 2 unspecified atom stereocenters. The monoisotopic (exact) mass is 283 g/mol. The maximum absolute atomic E-state index is 5.35. The van der Waals surface area contributed by atoms with E-state index in [4.69, 9.17) is 23.4 Å². The number of nitrogens with one attached hydrogen (secondary N) is 1. The lowest BCUT2D eigenvalue weighted by molar-refractivity contribution is 0.600. The fourth-order valence-electron chi connectivity index (χ4n) is 1.60. The minimum Gasteiger partial charge on any atom is -0.324 e. The van der Waals surface area contributed by atoms with Gasteiger partial charge in [-0.25, -0.2) is 0 Å². The minimum atomic E-state index is -0.102. The molecule has 0 aromatic rings. The van der Waals surface area contributed by atoms with Crippen LogP contribution in [0.5, 0.6) is 0 Å².